The van der Waals surface area contributed by atoms with Crippen molar-refractivity contribution in [2.45, 2.75) is 39.8 Å². The molecule has 0 fully saturated rings. The standard InChI is InChI=1S/C25H26FN3O4S/c1-16(2)23(28-22(31)13-18-9-5-4-6-10-18)24(32)33-14-19-15-34-25(27-19)29(17(3)30)21-12-8-7-11-20(21)26/h4-12,15-16,23H,13-14H2,1-3H3,(H,28,31). The van der Waals surface area contributed by atoms with Crippen LogP contribution in [0.25, 0.3) is 0 Å². The third kappa shape index (κ3) is 6.48. The molecule has 2 aromatic carbocycles. The second kappa shape index (κ2) is 11.5. The zero-order valence-corrected chi connectivity index (χ0v) is 20.0. The number of aromatic nitrogens is 1. The number of rotatable bonds is 9. The van der Waals surface area contributed by atoms with Gasteiger partial charge in [-0.1, -0.05) is 56.3 Å². The normalized spacial score (nSPS) is 11.7. The van der Waals surface area contributed by atoms with E-state index in [1.54, 1.807) is 11.4 Å². The Morgan fingerprint density at radius 1 is 1.09 bits per heavy atom. The Kier molecular flexibility index (Phi) is 8.48. The molecule has 2 amide bonds. The maximum atomic E-state index is 14.2. The van der Waals surface area contributed by atoms with Crippen LogP contribution >= 0.6 is 11.3 Å². The van der Waals surface area contributed by atoms with Crippen LogP contribution in [0.15, 0.2) is 60.0 Å². The van der Waals surface area contributed by atoms with Crippen LogP contribution in [0.2, 0.25) is 0 Å². The fourth-order valence-corrected chi connectivity index (χ4v) is 4.11. The molecule has 1 heterocycles. The number of esters is 1. The molecule has 3 aromatic rings. The van der Waals surface area contributed by atoms with Gasteiger partial charge in [0.2, 0.25) is 11.8 Å². The highest BCUT2D eigenvalue weighted by atomic mass is 32.1. The summed E-state index contributed by atoms with van der Waals surface area (Å²) in [7, 11) is 0. The number of halogens is 1. The molecule has 1 aromatic heterocycles. The Hall–Kier alpha value is -3.59. The van der Waals surface area contributed by atoms with Gasteiger partial charge in [0.05, 0.1) is 17.8 Å². The molecule has 34 heavy (non-hydrogen) atoms. The van der Waals surface area contributed by atoms with Crippen LogP contribution in [0.1, 0.15) is 32.0 Å². The highest BCUT2D eigenvalue weighted by Gasteiger charge is 2.26. The van der Waals surface area contributed by atoms with Crippen molar-refractivity contribution in [1.82, 2.24) is 10.3 Å². The summed E-state index contributed by atoms with van der Waals surface area (Å²) in [5.74, 6) is -1.99. The number of nitrogens with one attached hydrogen (secondary N) is 1. The molecule has 0 aliphatic heterocycles. The highest BCUT2D eigenvalue weighted by Crippen LogP contribution is 2.30. The monoisotopic (exact) mass is 483 g/mol. The molecule has 0 saturated carbocycles. The Balaban J connectivity index is 1.63. The van der Waals surface area contributed by atoms with Gasteiger partial charge in [-0.2, -0.15) is 0 Å². The van der Waals surface area contributed by atoms with Crippen LogP contribution in [0, 0.1) is 11.7 Å². The number of amides is 2. The van der Waals surface area contributed by atoms with Gasteiger partial charge in [-0.15, -0.1) is 11.3 Å². The fourth-order valence-electron chi connectivity index (χ4n) is 3.24. The van der Waals surface area contributed by atoms with E-state index in [1.807, 2.05) is 44.2 Å². The van der Waals surface area contributed by atoms with Gasteiger partial charge in [0.15, 0.2) is 5.13 Å². The maximum Gasteiger partial charge on any atom is 0.329 e. The van der Waals surface area contributed by atoms with E-state index in [0.717, 1.165) is 16.9 Å². The summed E-state index contributed by atoms with van der Waals surface area (Å²) in [5, 5.41) is 4.64. The van der Waals surface area contributed by atoms with Crippen LogP contribution in [0.3, 0.4) is 0 Å². The summed E-state index contributed by atoms with van der Waals surface area (Å²) in [5.41, 5.74) is 1.35. The topological polar surface area (TPSA) is 88.6 Å². The van der Waals surface area contributed by atoms with E-state index in [4.69, 9.17) is 4.74 Å². The Bertz CT molecular complexity index is 1150. The molecule has 0 saturated heterocycles. The zero-order valence-electron chi connectivity index (χ0n) is 19.2. The Morgan fingerprint density at radius 3 is 2.41 bits per heavy atom. The minimum absolute atomic E-state index is 0.0916. The molecule has 1 N–H and O–H groups in total. The third-order valence-corrected chi connectivity index (χ3v) is 5.82. The lowest BCUT2D eigenvalue weighted by Crippen LogP contribution is -2.45. The molecule has 9 heteroatoms. The first kappa shape index (κ1) is 25.0. The van der Waals surface area contributed by atoms with Crippen LogP contribution in [-0.2, 0) is 32.1 Å². The smallest absolute Gasteiger partial charge is 0.329 e. The lowest BCUT2D eigenvalue weighted by molar-refractivity contribution is -0.150. The third-order valence-electron chi connectivity index (χ3n) is 4.95. The van der Waals surface area contributed by atoms with Crippen molar-refractivity contribution < 1.29 is 23.5 Å². The number of para-hydroxylation sites is 1. The van der Waals surface area contributed by atoms with Crippen molar-refractivity contribution in [2.75, 3.05) is 4.90 Å². The summed E-state index contributed by atoms with van der Waals surface area (Å²) in [6.45, 7) is 4.80. The summed E-state index contributed by atoms with van der Waals surface area (Å²) >= 11 is 1.13. The molecular weight excluding hydrogens is 457 g/mol. The Morgan fingerprint density at radius 2 is 1.76 bits per heavy atom. The van der Waals surface area contributed by atoms with Gasteiger partial charge < -0.3 is 10.1 Å². The van der Waals surface area contributed by atoms with E-state index < -0.39 is 23.7 Å². The number of carbonyl (C=O) groups excluding carboxylic acids is 3. The molecule has 1 atom stereocenters. The van der Waals surface area contributed by atoms with Gasteiger partial charge in [0.25, 0.3) is 0 Å². The van der Waals surface area contributed by atoms with Gasteiger partial charge in [0, 0.05) is 12.3 Å². The number of benzene rings is 2. The van der Waals surface area contributed by atoms with E-state index >= 15 is 0 Å². The molecule has 0 radical (unpaired) electrons. The molecule has 0 aliphatic rings. The summed E-state index contributed by atoms with van der Waals surface area (Å²) in [4.78, 5) is 42.8. The average Bonchev–Trinajstić information content (AvgIpc) is 3.26. The van der Waals surface area contributed by atoms with Gasteiger partial charge in [-0.3, -0.25) is 14.5 Å². The molecular formula is C25H26FN3O4S. The molecule has 0 spiro atoms. The van der Waals surface area contributed by atoms with Crippen LogP contribution in [0.5, 0.6) is 0 Å². The number of nitrogens with zero attached hydrogens (tertiary/aromatic N) is 2. The predicted molar refractivity (Wildman–Crippen MR) is 128 cm³/mol. The van der Waals surface area contributed by atoms with Crippen molar-refractivity contribution in [1.29, 1.82) is 0 Å². The largest absolute Gasteiger partial charge is 0.458 e. The Labute approximate surface area is 201 Å². The number of thiazole rings is 1. The van der Waals surface area contributed by atoms with E-state index in [1.165, 1.54) is 30.0 Å². The minimum atomic E-state index is -0.818. The van der Waals surface area contributed by atoms with Crippen LogP contribution in [0.4, 0.5) is 15.2 Å². The highest BCUT2D eigenvalue weighted by molar-refractivity contribution is 7.14. The quantitative estimate of drug-likeness (QED) is 0.456. The van der Waals surface area contributed by atoms with Gasteiger partial charge in [-0.05, 0) is 23.6 Å². The van der Waals surface area contributed by atoms with Crippen molar-refractivity contribution in [3.63, 3.8) is 0 Å². The summed E-state index contributed by atoms with van der Waals surface area (Å²) < 4.78 is 19.6. The lowest BCUT2D eigenvalue weighted by atomic mass is 10.0. The number of ether oxygens (including phenoxy) is 1. The van der Waals surface area contributed by atoms with Crippen molar-refractivity contribution >= 4 is 39.9 Å². The number of carbonyl (C=O) groups is 3. The summed E-state index contributed by atoms with van der Waals surface area (Å²) in [6, 6.07) is 14.3. The van der Waals surface area contributed by atoms with Crippen LogP contribution in [-0.4, -0.2) is 28.8 Å². The van der Waals surface area contributed by atoms with Gasteiger partial charge in [0.1, 0.15) is 18.5 Å². The summed E-state index contributed by atoms with van der Waals surface area (Å²) in [6.07, 6.45) is 0.156. The molecule has 3 rings (SSSR count). The maximum absolute atomic E-state index is 14.2. The number of anilines is 2. The van der Waals surface area contributed by atoms with E-state index in [-0.39, 0.29) is 35.7 Å². The van der Waals surface area contributed by atoms with Gasteiger partial charge in [-0.25, -0.2) is 14.2 Å². The SMILES string of the molecule is CC(=O)N(c1nc(COC(=O)C(NC(=O)Cc2ccccc2)C(C)C)cs1)c1ccccc1F. The molecule has 1 unspecified atom stereocenters. The van der Waals surface area contributed by atoms with E-state index in [0.29, 0.717) is 5.69 Å². The van der Waals surface area contributed by atoms with E-state index in [2.05, 4.69) is 10.3 Å². The fraction of sp³-hybridized carbons (Fsp3) is 0.280. The zero-order chi connectivity index (χ0) is 24.7. The van der Waals surface area contributed by atoms with Crippen molar-refractivity contribution in [3.05, 3.63) is 77.1 Å². The first-order valence-electron chi connectivity index (χ1n) is 10.8. The van der Waals surface area contributed by atoms with Gasteiger partial charge >= 0.3 is 5.97 Å². The second-order valence-corrected chi connectivity index (χ2v) is 8.82. The van der Waals surface area contributed by atoms with Crippen molar-refractivity contribution in [3.8, 4) is 0 Å². The molecule has 0 bridgehead atoms. The van der Waals surface area contributed by atoms with Crippen LogP contribution < -0.4 is 10.2 Å². The number of hydrogen-bond donors (Lipinski definition) is 1. The van der Waals surface area contributed by atoms with E-state index in [9.17, 15) is 18.8 Å². The molecule has 178 valence electrons. The van der Waals surface area contributed by atoms with Crippen molar-refractivity contribution in [2.24, 2.45) is 5.92 Å². The minimum Gasteiger partial charge on any atom is -0.458 e. The molecule has 7 nitrogen and oxygen atoms in total. The lowest BCUT2D eigenvalue weighted by Gasteiger charge is -2.21. The average molecular weight is 484 g/mol. The first-order chi connectivity index (χ1) is 16.3. The predicted octanol–water partition coefficient (Wildman–Crippen LogP) is 4.39. The second-order valence-electron chi connectivity index (χ2n) is 7.99. The molecule has 0 aliphatic carbocycles. The first-order valence-corrected chi connectivity index (χ1v) is 11.6. The number of hydrogen-bond acceptors (Lipinski definition) is 6.